The first-order valence-corrected chi connectivity index (χ1v) is 7.43. The lowest BCUT2D eigenvalue weighted by Gasteiger charge is -2.38. The number of nitrogens with zero attached hydrogens (tertiary/aromatic N) is 1. The van der Waals surface area contributed by atoms with Gasteiger partial charge in [0.25, 0.3) is 0 Å². The topological polar surface area (TPSA) is 15.3 Å². The Hall–Kier alpha value is -0.800. The van der Waals surface area contributed by atoms with E-state index in [1.807, 2.05) is 0 Å². The van der Waals surface area contributed by atoms with Crippen molar-refractivity contribution in [2.75, 3.05) is 24.5 Å². The third kappa shape index (κ3) is 3.61. The first kappa shape index (κ1) is 14.6. The number of anilines is 1. The number of nitrogens with one attached hydrogen (secondary N) is 1. The predicted molar refractivity (Wildman–Crippen MR) is 79.5 cm³/mol. The zero-order valence-electron chi connectivity index (χ0n) is 11.6. The van der Waals surface area contributed by atoms with Crippen molar-refractivity contribution in [3.8, 4) is 0 Å². The molecule has 2 rings (SSSR count). The van der Waals surface area contributed by atoms with Crippen molar-refractivity contribution >= 4 is 17.3 Å². The molecule has 0 aromatic heterocycles. The average molecular weight is 285 g/mol. The molecule has 1 N–H and O–H groups in total. The van der Waals surface area contributed by atoms with E-state index in [1.54, 1.807) is 12.1 Å². The zero-order chi connectivity index (χ0) is 13.8. The second-order valence-corrected chi connectivity index (χ2v) is 5.80. The van der Waals surface area contributed by atoms with Crippen molar-refractivity contribution in [3.05, 3.63) is 29.0 Å². The summed E-state index contributed by atoms with van der Waals surface area (Å²) in [6.45, 7) is 7.25. The summed E-state index contributed by atoms with van der Waals surface area (Å²) in [6.07, 6.45) is 2.21. The Labute approximate surface area is 119 Å². The first-order valence-electron chi connectivity index (χ1n) is 7.05. The summed E-state index contributed by atoms with van der Waals surface area (Å²) in [5.41, 5.74) is 0.671. The third-order valence-corrected chi connectivity index (χ3v) is 4.05. The molecule has 0 spiro atoms. The highest BCUT2D eigenvalue weighted by Gasteiger charge is 2.26. The summed E-state index contributed by atoms with van der Waals surface area (Å²) in [4.78, 5) is 2.13. The molecular formula is C15H22ClFN2. The Balaban J connectivity index is 2.01. The molecule has 1 aliphatic heterocycles. The zero-order valence-corrected chi connectivity index (χ0v) is 12.4. The lowest BCUT2D eigenvalue weighted by atomic mass is 9.93. The van der Waals surface area contributed by atoms with Crippen molar-refractivity contribution in [1.29, 1.82) is 0 Å². The number of benzene rings is 1. The lowest BCUT2D eigenvalue weighted by molar-refractivity contribution is 0.321. The van der Waals surface area contributed by atoms with Crippen molar-refractivity contribution in [2.45, 2.75) is 32.7 Å². The Bertz CT molecular complexity index is 425. The van der Waals surface area contributed by atoms with Crippen LogP contribution < -0.4 is 10.2 Å². The summed E-state index contributed by atoms with van der Waals surface area (Å²) >= 11 is 5.80. The van der Waals surface area contributed by atoms with Gasteiger partial charge in [-0.2, -0.15) is 0 Å². The maximum absolute atomic E-state index is 13.9. The van der Waals surface area contributed by atoms with Crippen LogP contribution in [0.4, 0.5) is 10.1 Å². The fourth-order valence-corrected chi connectivity index (χ4v) is 2.89. The molecule has 2 nitrogen and oxygen atoms in total. The molecule has 2 unspecified atom stereocenters. The van der Waals surface area contributed by atoms with Gasteiger partial charge in [-0.15, -0.1) is 0 Å². The Morgan fingerprint density at radius 1 is 1.47 bits per heavy atom. The maximum Gasteiger partial charge on any atom is 0.147 e. The molecule has 1 fully saturated rings. The highest BCUT2D eigenvalue weighted by molar-refractivity contribution is 6.30. The smallest absolute Gasteiger partial charge is 0.147 e. The van der Waals surface area contributed by atoms with Gasteiger partial charge in [0.15, 0.2) is 0 Å². The van der Waals surface area contributed by atoms with Crippen LogP contribution in [-0.2, 0) is 0 Å². The molecule has 4 heteroatoms. The van der Waals surface area contributed by atoms with Crippen LogP contribution in [0.1, 0.15) is 26.7 Å². The van der Waals surface area contributed by atoms with Gasteiger partial charge in [-0.05, 0) is 43.5 Å². The second kappa shape index (κ2) is 6.58. The van der Waals surface area contributed by atoms with E-state index in [1.165, 1.54) is 6.07 Å². The average Bonchev–Trinajstić information content (AvgIpc) is 2.37. The third-order valence-electron chi connectivity index (χ3n) is 3.81. The van der Waals surface area contributed by atoms with Crippen LogP contribution >= 0.6 is 11.6 Å². The number of hydrogen-bond donors (Lipinski definition) is 1. The van der Waals surface area contributed by atoms with Gasteiger partial charge >= 0.3 is 0 Å². The molecule has 19 heavy (non-hydrogen) atoms. The van der Waals surface area contributed by atoms with Gasteiger partial charge in [-0.1, -0.05) is 25.4 Å². The van der Waals surface area contributed by atoms with Gasteiger partial charge in [-0.3, -0.25) is 0 Å². The van der Waals surface area contributed by atoms with Crippen molar-refractivity contribution < 1.29 is 4.39 Å². The number of piperidine rings is 1. The minimum atomic E-state index is -0.223. The minimum Gasteiger partial charge on any atom is -0.369 e. The van der Waals surface area contributed by atoms with E-state index in [4.69, 9.17) is 11.6 Å². The monoisotopic (exact) mass is 284 g/mol. The van der Waals surface area contributed by atoms with Crippen LogP contribution in [0.15, 0.2) is 18.2 Å². The van der Waals surface area contributed by atoms with Crippen LogP contribution in [-0.4, -0.2) is 25.7 Å². The van der Waals surface area contributed by atoms with Gasteiger partial charge in [0.1, 0.15) is 5.82 Å². The van der Waals surface area contributed by atoms with Gasteiger partial charge in [0, 0.05) is 24.2 Å². The summed E-state index contributed by atoms with van der Waals surface area (Å²) in [5, 5.41) is 4.03. The van der Waals surface area contributed by atoms with E-state index in [-0.39, 0.29) is 5.82 Å². The van der Waals surface area contributed by atoms with Gasteiger partial charge in [-0.25, -0.2) is 4.39 Å². The highest BCUT2D eigenvalue weighted by Crippen LogP contribution is 2.27. The standard InChI is InChI=1S/C15H22ClFN2/c1-3-7-18-14-6-8-19(10-11(14)2)15-5-4-12(16)9-13(15)17/h4-5,9,11,14,18H,3,6-8,10H2,1-2H3. The molecule has 2 atom stereocenters. The summed E-state index contributed by atoms with van der Waals surface area (Å²) in [6, 6.07) is 5.48. The van der Waals surface area contributed by atoms with Crippen molar-refractivity contribution in [3.63, 3.8) is 0 Å². The molecule has 0 saturated carbocycles. The lowest BCUT2D eigenvalue weighted by Crippen LogP contribution is -2.48. The molecule has 1 saturated heterocycles. The quantitative estimate of drug-likeness (QED) is 0.907. The van der Waals surface area contributed by atoms with Crippen LogP contribution in [0.2, 0.25) is 5.02 Å². The largest absolute Gasteiger partial charge is 0.369 e. The van der Waals surface area contributed by atoms with E-state index in [0.717, 1.165) is 32.5 Å². The molecule has 0 radical (unpaired) electrons. The Kier molecular flexibility index (Phi) is 5.06. The van der Waals surface area contributed by atoms with Crippen molar-refractivity contribution in [1.82, 2.24) is 5.32 Å². The first-order chi connectivity index (χ1) is 9.11. The van der Waals surface area contributed by atoms with Crippen molar-refractivity contribution in [2.24, 2.45) is 5.92 Å². The van der Waals surface area contributed by atoms with E-state index in [0.29, 0.717) is 22.7 Å². The predicted octanol–water partition coefficient (Wildman–Crippen LogP) is 3.69. The SMILES string of the molecule is CCCNC1CCN(c2ccc(Cl)cc2F)CC1C. The molecule has 1 aromatic rings. The summed E-state index contributed by atoms with van der Waals surface area (Å²) in [7, 11) is 0. The maximum atomic E-state index is 13.9. The molecule has 1 aromatic carbocycles. The molecule has 106 valence electrons. The van der Waals surface area contributed by atoms with Crippen LogP contribution in [0.25, 0.3) is 0 Å². The van der Waals surface area contributed by atoms with E-state index < -0.39 is 0 Å². The normalized spacial score (nSPS) is 23.7. The fourth-order valence-electron chi connectivity index (χ4n) is 2.74. The van der Waals surface area contributed by atoms with E-state index >= 15 is 0 Å². The molecule has 1 aliphatic rings. The summed E-state index contributed by atoms with van der Waals surface area (Å²) in [5.74, 6) is 0.301. The minimum absolute atomic E-state index is 0.223. The van der Waals surface area contributed by atoms with Gasteiger partial charge in [0.05, 0.1) is 5.69 Å². The summed E-state index contributed by atoms with van der Waals surface area (Å²) < 4.78 is 13.9. The second-order valence-electron chi connectivity index (χ2n) is 5.37. The van der Waals surface area contributed by atoms with Crippen LogP contribution in [0, 0.1) is 11.7 Å². The van der Waals surface area contributed by atoms with Crippen LogP contribution in [0.3, 0.4) is 0 Å². The number of hydrogen-bond acceptors (Lipinski definition) is 2. The Morgan fingerprint density at radius 2 is 2.26 bits per heavy atom. The highest BCUT2D eigenvalue weighted by atomic mass is 35.5. The van der Waals surface area contributed by atoms with Gasteiger partial charge < -0.3 is 10.2 Å². The fraction of sp³-hybridized carbons (Fsp3) is 0.600. The van der Waals surface area contributed by atoms with E-state index in [2.05, 4.69) is 24.1 Å². The number of rotatable bonds is 4. The van der Waals surface area contributed by atoms with Crippen LogP contribution in [0.5, 0.6) is 0 Å². The molecule has 0 aliphatic carbocycles. The molecule has 0 amide bonds. The van der Waals surface area contributed by atoms with Gasteiger partial charge in [0.2, 0.25) is 0 Å². The Morgan fingerprint density at radius 3 is 2.89 bits per heavy atom. The molecule has 0 bridgehead atoms. The molecule has 1 heterocycles. The molecular weight excluding hydrogens is 263 g/mol. The van der Waals surface area contributed by atoms with E-state index in [9.17, 15) is 4.39 Å². The number of halogens is 2.